The van der Waals surface area contributed by atoms with Crippen molar-refractivity contribution in [2.45, 2.75) is 63.9 Å². The van der Waals surface area contributed by atoms with Crippen molar-refractivity contribution in [3.8, 4) is 0 Å². The summed E-state index contributed by atoms with van der Waals surface area (Å²) in [5.41, 5.74) is 9.63. The quantitative estimate of drug-likeness (QED) is 0.0354. The average molecular weight is 867 g/mol. The SMILES string of the molecule is CC(=O)C(N)C(=O)SCCNC(=O)CCNC(=O)C(O)C(C)(C)COP(=O)(O)OP(=O)(O)OCC1OC(n2cnc3c(N)ncnc32)C(O)C1OP(=O)(O)O. The summed E-state index contributed by atoms with van der Waals surface area (Å²) in [5.74, 6) is -1.96. The number of Topliss-reactive ketones (excluding diaryl/α,β-unsaturated/α-hetero) is 1. The number of carbonyl (C=O) groups is 4. The van der Waals surface area contributed by atoms with E-state index in [-0.39, 0.29) is 42.2 Å². The number of carbonyl (C=O) groups excluding carboxylic acids is 4. The Morgan fingerprint density at radius 3 is 2.35 bits per heavy atom. The van der Waals surface area contributed by atoms with Crippen molar-refractivity contribution in [1.82, 2.24) is 30.2 Å². The fourth-order valence-electron chi connectivity index (χ4n) is 4.54. The van der Waals surface area contributed by atoms with Crippen LogP contribution in [0.4, 0.5) is 5.82 Å². The number of amides is 2. The lowest BCUT2D eigenvalue weighted by Crippen LogP contribution is -2.46. The van der Waals surface area contributed by atoms with Crippen LogP contribution >= 0.6 is 35.2 Å². The molecule has 0 spiro atoms. The van der Waals surface area contributed by atoms with Crippen LogP contribution in [-0.4, -0.2) is 135 Å². The van der Waals surface area contributed by atoms with Gasteiger partial charge in [0.1, 0.15) is 42.3 Å². The van der Waals surface area contributed by atoms with Crippen LogP contribution in [0, 0.1) is 5.41 Å². The predicted octanol–water partition coefficient (Wildman–Crippen LogP) is -2.42. The van der Waals surface area contributed by atoms with Gasteiger partial charge in [0.2, 0.25) is 16.9 Å². The molecule has 3 heterocycles. The molecule has 0 saturated carbocycles. The lowest BCUT2D eigenvalue weighted by atomic mass is 9.87. The number of hydrogen-bond acceptors (Lipinski definition) is 20. The molecule has 26 nitrogen and oxygen atoms in total. The monoisotopic (exact) mass is 866 g/mol. The van der Waals surface area contributed by atoms with E-state index in [9.17, 15) is 62.7 Å². The number of aliphatic hydroxyl groups excluding tert-OH is 2. The van der Waals surface area contributed by atoms with Crippen molar-refractivity contribution >= 4 is 74.9 Å². The highest BCUT2D eigenvalue weighted by molar-refractivity contribution is 8.13. The first-order valence-corrected chi connectivity index (χ1v) is 21.2. The van der Waals surface area contributed by atoms with Crippen molar-refractivity contribution in [2.24, 2.45) is 11.1 Å². The highest BCUT2D eigenvalue weighted by atomic mass is 32.2. The van der Waals surface area contributed by atoms with E-state index >= 15 is 0 Å². The first kappa shape index (κ1) is 46.6. The molecule has 3 rings (SSSR count). The van der Waals surface area contributed by atoms with Crippen LogP contribution in [0.15, 0.2) is 12.7 Å². The number of phosphoric ester groups is 3. The fraction of sp³-hybridized carbons (Fsp3) is 0.640. The third kappa shape index (κ3) is 13.7. The van der Waals surface area contributed by atoms with Gasteiger partial charge in [0.05, 0.1) is 19.5 Å². The van der Waals surface area contributed by atoms with Gasteiger partial charge in [-0.2, -0.15) is 4.31 Å². The van der Waals surface area contributed by atoms with Crippen molar-refractivity contribution < 1.29 is 85.3 Å². The normalized spacial score (nSPS) is 22.4. The Labute approximate surface area is 315 Å². The van der Waals surface area contributed by atoms with Crippen LogP contribution in [0.5, 0.6) is 0 Å². The number of rotatable bonds is 21. The van der Waals surface area contributed by atoms with Crippen LogP contribution in [0.1, 0.15) is 33.4 Å². The number of nitrogens with one attached hydrogen (secondary N) is 2. The van der Waals surface area contributed by atoms with Gasteiger partial charge in [-0.3, -0.25) is 37.3 Å². The van der Waals surface area contributed by atoms with Crippen molar-refractivity contribution in [3.63, 3.8) is 0 Å². The standard InChI is InChI=1S/C25H41N8O18P3S/c1-12(34)15(26)24(39)55-7-6-28-14(35)4-5-29-22(38)19(37)25(2,3)9-48-54(45,46)51-53(43,44)47-8-13-18(50-52(40,41)42)17(36)23(49-13)33-11-32-16-20(27)30-10-31-21(16)33/h10-11,13,15,17-19,23,36-37H,4-9,26H2,1-3H3,(H,28,35)(H,29,38)(H,43,44)(H,45,46)(H2,27,30,31)(H2,40,41,42). The molecule has 0 bridgehead atoms. The summed E-state index contributed by atoms with van der Waals surface area (Å²) in [4.78, 5) is 98.2. The van der Waals surface area contributed by atoms with E-state index in [1.165, 1.54) is 20.8 Å². The van der Waals surface area contributed by atoms with E-state index in [1.54, 1.807) is 0 Å². The van der Waals surface area contributed by atoms with Crippen LogP contribution in [0.3, 0.4) is 0 Å². The van der Waals surface area contributed by atoms with Gasteiger partial charge in [0.15, 0.2) is 23.5 Å². The van der Waals surface area contributed by atoms with Gasteiger partial charge in [-0.05, 0) is 6.92 Å². The van der Waals surface area contributed by atoms with Crippen LogP contribution < -0.4 is 22.1 Å². The molecule has 30 heteroatoms. The highest BCUT2D eigenvalue weighted by Crippen LogP contribution is 2.61. The maximum absolute atomic E-state index is 12.6. The molecule has 8 unspecified atom stereocenters. The lowest BCUT2D eigenvalue weighted by molar-refractivity contribution is -0.137. The third-order valence-electron chi connectivity index (χ3n) is 7.44. The molecule has 12 N–H and O–H groups in total. The summed E-state index contributed by atoms with van der Waals surface area (Å²) in [6, 6.07) is -1.27. The Morgan fingerprint density at radius 2 is 1.71 bits per heavy atom. The molecule has 2 amide bonds. The Balaban J connectivity index is 1.50. The number of fused-ring (bicyclic) bond motifs is 1. The second-order valence-electron chi connectivity index (χ2n) is 12.3. The Bertz CT molecular complexity index is 1860. The van der Waals surface area contributed by atoms with Crippen LogP contribution in [0.25, 0.3) is 11.2 Å². The molecule has 0 aromatic carbocycles. The van der Waals surface area contributed by atoms with Gasteiger partial charge >= 0.3 is 23.5 Å². The van der Waals surface area contributed by atoms with Crippen molar-refractivity contribution in [1.29, 1.82) is 0 Å². The Morgan fingerprint density at radius 1 is 1.05 bits per heavy atom. The number of nitrogen functional groups attached to an aromatic ring is 1. The molecule has 1 aliphatic rings. The molecule has 2 aromatic heterocycles. The largest absolute Gasteiger partial charge is 0.481 e. The summed E-state index contributed by atoms with van der Waals surface area (Å²) in [6.07, 6.45) is -7.08. The number of anilines is 1. The number of aromatic nitrogens is 4. The number of ether oxygens (including phenoxy) is 1. The maximum atomic E-state index is 12.6. The molecule has 8 atom stereocenters. The minimum Gasteiger partial charge on any atom is -0.386 e. The summed E-state index contributed by atoms with van der Waals surface area (Å²) >= 11 is 0.761. The summed E-state index contributed by atoms with van der Waals surface area (Å²) in [6.45, 7) is 1.35. The van der Waals surface area contributed by atoms with E-state index in [1.807, 2.05) is 0 Å². The minimum atomic E-state index is -5.58. The lowest BCUT2D eigenvalue weighted by Gasteiger charge is -2.30. The first-order valence-electron chi connectivity index (χ1n) is 15.7. The maximum Gasteiger partial charge on any atom is 0.481 e. The number of thioether (sulfide) groups is 1. The average Bonchev–Trinajstić information content (AvgIpc) is 3.64. The fourth-order valence-corrected chi connectivity index (χ4v) is 8.12. The van der Waals surface area contributed by atoms with E-state index in [0.29, 0.717) is 0 Å². The van der Waals surface area contributed by atoms with Gasteiger partial charge in [0.25, 0.3) is 0 Å². The molecule has 1 aliphatic heterocycles. The van der Waals surface area contributed by atoms with Gasteiger partial charge in [-0.15, -0.1) is 0 Å². The van der Waals surface area contributed by atoms with Crippen LogP contribution in [-0.2, 0) is 55.5 Å². The zero-order valence-electron chi connectivity index (χ0n) is 29.1. The molecule has 1 saturated heterocycles. The third-order valence-corrected chi connectivity index (χ3v) is 11.5. The summed E-state index contributed by atoms with van der Waals surface area (Å²) in [7, 11) is -16.4. The number of imidazole rings is 1. The minimum absolute atomic E-state index is 0.0208. The topological polar surface area (TPSA) is 407 Å². The number of aliphatic hydroxyl groups is 2. The second kappa shape index (κ2) is 19.1. The second-order valence-corrected chi connectivity index (χ2v) is 17.7. The molecular weight excluding hydrogens is 825 g/mol. The molecular formula is C25H41N8O18P3S. The number of ketones is 1. The summed E-state index contributed by atoms with van der Waals surface area (Å²) < 4.78 is 61.9. The van der Waals surface area contributed by atoms with Gasteiger partial charge in [-0.1, -0.05) is 25.6 Å². The van der Waals surface area contributed by atoms with Gasteiger partial charge < -0.3 is 56.6 Å². The number of phosphoric acid groups is 3. The number of nitrogens with zero attached hydrogens (tertiary/aromatic N) is 4. The molecule has 55 heavy (non-hydrogen) atoms. The van der Waals surface area contributed by atoms with Gasteiger partial charge in [0, 0.05) is 30.7 Å². The number of hydrogen-bond donors (Lipinski definition) is 10. The smallest absolute Gasteiger partial charge is 0.386 e. The first-order chi connectivity index (χ1) is 25.3. The van der Waals surface area contributed by atoms with Crippen LogP contribution in [0.2, 0.25) is 0 Å². The van der Waals surface area contributed by atoms with E-state index < -0.39 is 101 Å². The molecule has 2 aromatic rings. The van der Waals surface area contributed by atoms with Crippen molar-refractivity contribution in [3.05, 3.63) is 12.7 Å². The van der Waals surface area contributed by atoms with E-state index in [2.05, 4.69) is 34.4 Å². The molecule has 1 fully saturated rings. The zero-order chi connectivity index (χ0) is 41.5. The Hall–Kier alpha value is -2.81. The number of nitrogens with two attached hydrogens (primary N) is 2. The Kier molecular flexibility index (Phi) is 16.2. The predicted molar refractivity (Wildman–Crippen MR) is 186 cm³/mol. The summed E-state index contributed by atoms with van der Waals surface area (Å²) in [5, 5.41) is 25.6. The molecule has 0 radical (unpaired) electrons. The van der Waals surface area contributed by atoms with Gasteiger partial charge in [-0.25, -0.2) is 28.6 Å². The van der Waals surface area contributed by atoms with E-state index in [4.69, 9.17) is 25.3 Å². The molecule has 0 aliphatic carbocycles. The molecule has 310 valence electrons. The zero-order valence-corrected chi connectivity index (χ0v) is 32.6. The highest BCUT2D eigenvalue weighted by Gasteiger charge is 2.50. The van der Waals surface area contributed by atoms with Crippen molar-refractivity contribution in [2.75, 3.05) is 37.8 Å². The van der Waals surface area contributed by atoms with E-state index in [0.717, 1.165) is 29.0 Å².